The fourth-order valence-electron chi connectivity index (χ4n) is 2.15. The second-order valence-electron chi connectivity index (χ2n) is 7.24. The molecule has 0 bridgehead atoms. The fraction of sp³-hybridized carbons (Fsp3) is 0.474. The van der Waals surface area contributed by atoms with Crippen LogP contribution in [0.3, 0.4) is 0 Å². The molecule has 160 valence electrons. The summed E-state index contributed by atoms with van der Waals surface area (Å²) in [7, 11) is -3.41. The lowest BCUT2D eigenvalue weighted by molar-refractivity contribution is 0.0524. The molecule has 0 unspecified atom stereocenters. The number of hydrogen-bond acceptors (Lipinski definition) is 8. The largest absolute Gasteiger partial charge is 0.494 e. The Morgan fingerprint density at radius 1 is 1.17 bits per heavy atom. The summed E-state index contributed by atoms with van der Waals surface area (Å²) in [6.07, 6.45) is 2.75. The van der Waals surface area contributed by atoms with E-state index in [1.165, 1.54) is 11.3 Å². The second-order valence-corrected chi connectivity index (χ2v) is 10.00. The molecule has 0 radical (unpaired) electrons. The highest BCUT2D eigenvalue weighted by molar-refractivity contribution is 7.85. The molecule has 0 atom stereocenters. The van der Waals surface area contributed by atoms with E-state index >= 15 is 0 Å². The smallest absolute Gasteiger partial charge is 0.407 e. The number of nitrogens with zero attached hydrogens (tertiary/aromatic N) is 1. The number of alkyl carbamates (subject to hydrolysis) is 1. The zero-order valence-electron chi connectivity index (χ0n) is 16.9. The first kappa shape index (κ1) is 23.1. The van der Waals surface area contributed by atoms with Crippen LogP contribution in [-0.4, -0.2) is 44.6 Å². The van der Waals surface area contributed by atoms with Gasteiger partial charge in [-0.15, -0.1) is 11.3 Å². The van der Waals surface area contributed by atoms with E-state index in [9.17, 15) is 13.2 Å². The van der Waals surface area contributed by atoms with Crippen LogP contribution in [0.15, 0.2) is 30.5 Å². The van der Waals surface area contributed by atoms with Gasteiger partial charge in [-0.3, -0.25) is 4.18 Å². The zero-order chi connectivity index (χ0) is 21.5. The highest BCUT2D eigenvalue weighted by atomic mass is 32.2. The molecule has 29 heavy (non-hydrogen) atoms. The molecule has 2 aromatic rings. The normalized spacial score (nSPS) is 11.9. The Kier molecular flexibility index (Phi) is 8.00. The highest BCUT2D eigenvalue weighted by Gasteiger charge is 2.16. The Labute approximate surface area is 175 Å². The third kappa shape index (κ3) is 9.25. The van der Waals surface area contributed by atoms with E-state index in [-0.39, 0.29) is 6.61 Å². The first-order valence-electron chi connectivity index (χ1n) is 9.01. The van der Waals surface area contributed by atoms with Crippen molar-refractivity contribution in [1.82, 2.24) is 10.3 Å². The molecule has 10 heteroatoms. The molecule has 1 N–H and O–H groups in total. The summed E-state index contributed by atoms with van der Waals surface area (Å²) < 4.78 is 37.2. The van der Waals surface area contributed by atoms with E-state index in [1.807, 2.05) is 45.0 Å². The number of carbonyl (C=O) groups excluding carboxylic acids is 1. The maximum Gasteiger partial charge on any atom is 0.407 e. The Hall–Kier alpha value is -2.17. The van der Waals surface area contributed by atoms with Crippen molar-refractivity contribution in [2.24, 2.45) is 0 Å². The average Bonchev–Trinajstić information content (AvgIpc) is 3.07. The number of thiazole rings is 1. The predicted octanol–water partition coefficient (Wildman–Crippen LogP) is 3.58. The molecule has 2 rings (SSSR count). The minimum absolute atomic E-state index is 0.0934. The van der Waals surface area contributed by atoms with Crippen LogP contribution < -0.4 is 10.1 Å². The Balaban J connectivity index is 1.80. The number of rotatable bonds is 9. The van der Waals surface area contributed by atoms with E-state index in [0.29, 0.717) is 25.3 Å². The van der Waals surface area contributed by atoms with E-state index in [2.05, 4.69) is 14.5 Å². The van der Waals surface area contributed by atoms with Gasteiger partial charge in [0.05, 0.1) is 26.0 Å². The van der Waals surface area contributed by atoms with Gasteiger partial charge in [0.2, 0.25) is 0 Å². The van der Waals surface area contributed by atoms with Crippen LogP contribution in [0.2, 0.25) is 0 Å². The highest BCUT2D eigenvalue weighted by Crippen LogP contribution is 2.27. The van der Waals surface area contributed by atoms with Crippen LogP contribution in [0.4, 0.5) is 4.79 Å². The van der Waals surface area contributed by atoms with Gasteiger partial charge >= 0.3 is 6.09 Å². The Morgan fingerprint density at radius 3 is 2.48 bits per heavy atom. The van der Waals surface area contributed by atoms with E-state index in [4.69, 9.17) is 9.47 Å². The summed E-state index contributed by atoms with van der Waals surface area (Å²) in [6.45, 7) is 6.24. The SMILES string of the molecule is CC(C)(C)OC(=O)NCc1cnc(-c2ccc(OCCCOS(C)(=O)=O)cc2)s1. The van der Waals surface area contributed by atoms with E-state index in [0.717, 1.165) is 21.7 Å². The van der Waals surface area contributed by atoms with Crippen LogP contribution in [0.25, 0.3) is 10.6 Å². The lowest BCUT2D eigenvalue weighted by Gasteiger charge is -2.19. The van der Waals surface area contributed by atoms with Gasteiger partial charge in [0.1, 0.15) is 16.4 Å². The number of carbonyl (C=O) groups is 1. The standard InChI is InChI=1S/C19H26N2O6S2/c1-19(2,3)27-18(22)21-13-16-12-20-17(28-16)14-6-8-15(9-7-14)25-10-5-11-26-29(4,23)24/h6-9,12H,5,10-11,13H2,1-4H3,(H,21,22). The van der Waals surface area contributed by atoms with Gasteiger partial charge in [0.25, 0.3) is 10.1 Å². The molecule has 0 saturated heterocycles. The molecular formula is C19H26N2O6S2. The van der Waals surface area contributed by atoms with Gasteiger partial charge < -0.3 is 14.8 Å². The van der Waals surface area contributed by atoms with Crippen molar-refractivity contribution in [3.8, 4) is 16.3 Å². The van der Waals surface area contributed by atoms with Crippen molar-refractivity contribution in [2.45, 2.75) is 39.3 Å². The Bertz CT molecular complexity index is 902. The molecule has 1 aromatic carbocycles. The van der Waals surface area contributed by atoms with Crippen LogP contribution in [0.5, 0.6) is 5.75 Å². The maximum absolute atomic E-state index is 11.7. The van der Waals surface area contributed by atoms with Gasteiger partial charge in [-0.1, -0.05) is 0 Å². The number of aromatic nitrogens is 1. The average molecular weight is 443 g/mol. The van der Waals surface area contributed by atoms with Gasteiger partial charge in [-0.2, -0.15) is 8.42 Å². The summed E-state index contributed by atoms with van der Waals surface area (Å²) in [6, 6.07) is 7.44. The lowest BCUT2D eigenvalue weighted by Crippen LogP contribution is -2.31. The van der Waals surface area contributed by atoms with Crippen LogP contribution in [0.1, 0.15) is 32.1 Å². The number of nitrogens with one attached hydrogen (secondary N) is 1. The molecule has 0 spiro atoms. The molecule has 1 amide bonds. The minimum atomic E-state index is -3.41. The van der Waals surface area contributed by atoms with Crippen molar-refractivity contribution in [2.75, 3.05) is 19.5 Å². The monoisotopic (exact) mass is 442 g/mol. The van der Waals surface area contributed by atoms with E-state index < -0.39 is 21.8 Å². The molecule has 0 aliphatic heterocycles. The molecule has 0 fully saturated rings. The quantitative estimate of drug-likeness (QED) is 0.467. The number of benzene rings is 1. The first-order valence-corrected chi connectivity index (χ1v) is 11.6. The topological polar surface area (TPSA) is 104 Å². The molecule has 0 saturated carbocycles. The van der Waals surface area contributed by atoms with Crippen LogP contribution in [0, 0.1) is 0 Å². The Morgan fingerprint density at radius 2 is 1.86 bits per heavy atom. The van der Waals surface area contributed by atoms with E-state index in [1.54, 1.807) is 6.20 Å². The van der Waals surface area contributed by atoms with Gasteiger partial charge in [0, 0.05) is 23.1 Å². The summed E-state index contributed by atoms with van der Waals surface area (Å²) >= 11 is 1.48. The summed E-state index contributed by atoms with van der Waals surface area (Å²) in [4.78, 5) is 17.0. The number of ether oxygens (including phenoxy) is 2. The van der Waals surface area contributed by atoms with Crippen molar-refractivity contribution in [3.63, 3.8) is 0 Å². The maximum atomic E-state index is 11.7. The second kappa shape index (κ2) is 10.0. The molecule has 1 aromatic heterocycles. The third-order valence-electron chi connectivity index (χ3n) is 3.32. The third-order valence-corrected chi connectivity index (χ3v) is 4.96. The van der Waals surface area contributed by atoms with Crippen LogP contribution >= 0.6 is 11.3 Å². The lowest BCUT2D eigenvalue weighted by atomic mass is 10.2. The van der Waals surface area contributed by atoms with Crippen LogP contribution in [-0.2, 0) is 25.6 Å². The van der Waals surface area contributed by atoms with Crippen molar-refractivity contribution in [3.05, 3.63) is 35.3 Å². The fourth-order valence-corrected chi connectivity index (χ4v) is 3.43. The number of amides is 1. The minimum Gasteiger partial charge on any atom is -0.494 e. The van der Waals surface area contributed by atoms with Gasteiger partial charge in [-0.05, 0) is 45.0 Å². The first-order chi connectivity index (χ1) is 13.5. The molecule has 0 aliphatic rings. The molecule has 1 heterocycles. The summed E-state index contributed by atoms with van der Waals surface area (Å²) in [5, 5.41) is 3.55. The molecule has 8 nitrogen and oxygen atoms in total. The number of hydrogen-bond donors (Lipinski definition) is 1. The molecular weight excluding hydrogens is 416 g/mol. The summed E-state index contributed by atoms with van der Waals surface area (Å²) in [5.74, 6) is 0.677. The van der Waals surface area contributed by atoms with Crippen molar-refractivity contribution >= 4 is 27.5 Å². The summed E-state index contributed by atoms with van der Waals surface area (Å²) in [5.41, 5.74) is 0.402. The van der Waals surface area contributed by atoms with Crippen molar-refractivity contribution < 1.29 is 26.9 Å². The predicted molar refractivity (Wildman–Crippen MR) is 112 cm³/mol. The van der Waals surface area contributed by atoms with Gasteiger partial charge in [-0.25, -0.2) is 9.78 Å². The van der Waals surface area contributed by atoms with Crippen molar-refractivity contribution in [1.29, 1.82) is 0 Å². The van der Waals surface area contributed by atoms with Gasteiger partial charge in [0.15, 0.2) is 0 Å². The zero-order valence-corrected chi connectivity index (χ0v) is 18.6. The molecule has 0 aliphatic carbocycles.